The molecular weight excluding hydrogens is 372 g/mol. The molecule has 0 spiro atoms. The highest BCUT2D eigenvalue weighted by atomic mass is 32.2. The molecule has 0 heterocycles. The van der Waals surface area contributed by atoms with E-state index >= 15 is 0 Å². The number of anilines is 2. The van der Waals surface area contributed by atoms with Crippen LogP contribution in [0, 0.1) is 0 Å². The highest BCUT2D eigenvalue weighted by molar-refractivity contribution is 7.86. The summed E-state index contributed by atoms with van der Waals surface area (Å²) in [6.45, 7) is 0. The lowest BCUT2D eigenvalue weighted by Gasteiger charge is -2.07. The van der Waals surface area contributed by atoms with Gasteiger partial charge in [0.15, 0.2) is 0 Å². The number of benzene rings is 4. The van der Waals surface area contributed by atoms with Gasteiger partial charge in [-0.25, -0.2) is 0 Å². The summed E-state index contributed by atoms with van der Waals surface area (Å²) in [6, 6.07) is 20.0. The molecule has 0 aliphatic heterocycles. The Morgan fingerprint density at radius 3 is 1.89 bits per heavy atom. The SMILES string of the molecule is Nc1ccc2c3c(ccc(N)c13)CC2.O=S(=O)(O)c1cccc2ccccc12. The van der Waals surface area contributed by atoms with Crippen LogP contribution in [-0.4, -0.2) is 13.0 Å². The molecule has 6 heteroatoms. The average molecular weight is 392 g/mol. The standard InChI is InChI=1S/C12H12N2.C10H8O3S/c13-9-5-3-7-1-2-8-4-6-10(14)12(9)11(7)8;11-14(12,13)10-7-3-5-8-4-1-2-6-9(8)10/h3-6H,1-2,13-14H2;1-7H,(H,11,12,13). The van der Waals surface area contributed by atoms with Crippen molar-refractivity contribution < 1.29 is 13.0 Å². The Morgan fingerprint density at radius 2 is 1.29 bits per heavy atom. The van der Waals surface area contributed by atoms with Crippen LogP contribution in [-0.2, 0) is 23.0 Å². The molecule has 0 amide bonds. The van der Waals surface area contributed by atoms with Gasteiger partial charge in [-0.2, -0.15) is 8.42 Å². The molecule has 142 valence electrons. The van der Waals surface area contributed by atoms with Crippen molar-refractivity contribution in [1.29, 1.82) is 0 Å². The van der Waals surface area contributed by atoms with Crippen LogP contribution >= 0.6 is 0 Å². The van der Waals surface area contributed by atoms with Crippen molar-refractivity contribution in [3.05, 3.63) is 77.9 Å². The summed E-state index contributed by atoms with van der Waals surface area (Å²) in [7, 11) is -4.13. The van der Waals surface area contributed by atoms with E-state index in [0.29, 0.717) is 5.39 Å². The summed E-state index contributed by atoms with van der Waals surface area (Å²) >= 11 is 0. The number of fused-ring (bicyclic) bond motifs is 1. The lowest BCUT2D eigenvalue weighted by Crippen LogP contribution is -1.98. The van der Waals surface area contributed by atoms with Crippen LogP contribution in [0.25, 0.3) is 21.5 Å². The Labute approximate surface area is 163 Å². The smallest absolute Gasteiger partial charge is 0.295 e. The number of nitrogens with two attached hydrogens (primary N) is 2. The summed E-state index contributed by atoms with van der Waals surface area (Å²) in [5.74, 6) is 0. The van der Waals surface area contributed by atoms with E-state index in [-0.39, 0.29) is 4.90 Å². The van der Waals surface area contributed by atoms with Gasteiger partial charge in [0.25, 0.3) is 10.1 Å². The largest absolute Gasteiger partial charge is 0.398 e. The minimum Gasteiger partial charge on any atom is -0.398 e. The van der Waals surface area contributed by atoms with Gasteiger partial charge in [0, 0.05) is 22.1 Å². The zero-order valence-electron chi connectivity index (χ0n) is 15.1. The third kappa shape index (κ3) is 3.17. The van der Waals surface area contributed by atoms with Gasteiger partial charge >= 0.3 is 0 Å². The maximum atomic E-state index is 11.0. The molecule has 4 aromatic rings. The van der Waals surface area contributed by atoms with E-state index in [2.05, 4.69) is 12.1 Å². The van der Waals surface area contributed by atoms with E-state index in [0.717, 1.165) is 35.0 Å². The fraction of sp³-hybridized carbons (Fsp3) is 0.0909. The third-order valence-corrected chi connectivity index (χ3v) is 6.00. The molecule has 0 aromatic heterocycles. The quantitative estimate of drug-likeness (QED) is 0.333. The first-order valence-corrected chi connectivity index (χ1v) is 10.3. The average Bonchev–Trinajstić information content (AvgIpc) is 3.09. The molecule has 4 aromatic carbocycles. The zero-order valence-corrected chi connectivity index (χ0v) is 15.9. The molecule has 0 atom stereocenters. The van der Waals surface area contributed by atoms with Crippen molar-refractivity contribution in [1.82, 2.24) is 0 Å². The molecule has 0 saturated carbocycles. The maximum Gasteiger partial charge on any atom is 0.295 e. The Morgan fingerprint density at radius 1 is 0.714 bits per heavy atom. The van der Waals surface area contributed by atoms with Gasteiger partial charge in [-0.15, -0.1) is 0 Å². The van der Waals surface area contributed by atoms with Crippen LogP contribution in [0.2, 0.25) is 0 Å². The van der Waals surface area contributed by atoms with Crippen LogP contribution in [0.3, 0.4) is 0 Å². The number of rotatable bonds is 1. The fourth-order valence-corrected chi connectivity index (χ4v) is 4.52. The molecule has 0 bridgehead atoms. The van der Waals surface area contributed by atoms with Crippen LogP contribution in [0.5, 0.6) is 0 Å². The topological polar surface area (TPSA) is 106 Å². The molecule has 0 saturated heterocycles. The summed E-state index contributed by atoms with van der Waals surface area (Å²) in [5.41, 5.74) is 16.2. The fourth-order valence-electron chi connectivity index (χ4n) is 3.80. The molecule has 1 aliphatic rings. The van der Waals surface area contributed by atoms with Crippen LogP contribution in [0.4, 0.5) is 11.4 Å². The highest BCUT2D eigenvalue weighted by Gasteiger charge is 2.16. The van der Waals surface area contributed by atoms with E-state index in [1.54, 1.807) is 30.3 Å². The second kappa shape index (κ2) is 6.82. The van der Waals surface area contributed by atoms with E-state index in [1.165, 1.54) is 22.6 Å². The van der Waals surface area contributed by atoms with Crippen LogP contribution in [0.15, 0.2) is 71.6 Å². The molecule has 0 fully saturated rings. The first kappa shape index (κ1) is 18.3. The van der Waals surface area contributed by atoms with Gasteiger partial charge in [0.05, 0.1) is 0 Å². The summed E-state index contributed by atoms with van der Waals surface area (Å²) in [4.78, 5) is -0.0457. The van der Waals surface area contributed by atoms with E-state index in [4.69, 9.17) is 16.0 Å². The Hall–Kier alpha value is -3.09. The molecule has 5 nitrogen and oxygen atoms in total. The van der Waals surface area contributed by atoms with E-state index < -0.39 is 10.1 Å². The molecule has 0 radical (unpaired) electrons. The van der Waals surface area contributed by atoms with Crippen molar-refractivity contribution >= 4 is 43.0 Å². The van der Waals surface area contributed by atoms with Gasteiger partial charge in [-0.1, -0.05) is 48.5 Å². The van der Waals surface area contributed by atoms with Gasteiger partial charge in [0.2, 0.25) is 0 Å². The number of aryl methyl sites for hydroxylation is 2. The summed E-state index contributed by atoms with van der Waals surface area (Å²) in [6.07, 6.45) is 2.24. The summed E-state index contributed by atoms with van der Waals surface area (Å²) < 4.78 is 31.0. The Balaban J connectivity index is 0.000000137. The molecule has 1 aliphatic carbocycles. The summed E-state index contributed by atoms with van der Waals surface area (Å²) in [5, 5.41) is 3.68. The number of hydrogen-bond acceptors (Lipinski definition) is 4. The van der Waals surface area contributed by atoms with Crippen LogP contribution in [0.1, 0.15) is 11.1 Å². The monoisotopic (exact) mass is 392 g/mol. The molecular formula is C22H20N2O3S. The van der Waals surface area contributed by atoms with Crippen molar-refractivity contribution in [2.45, 2.75) is 17.7 Å². The van der Waals surface area contributed by atoms with Crippen molar-refractivity contribution in [2.75, 3.05) is 11.5 Å². The first-order chi connectivity index (χ1) is 13.4. The predicted octanol–water partition coefficient (Wildman–Crippen LogP) is 4.19. The van der Waals surface area contributed by atoms with Gasteiger partial charge < -0.3 is 11.5 Å². The van der Waals surface area contributed by atoms with Crippen molar-refractivity contribution in [3.8, 4) is 0 Å². The van der Waals surface area contributed by atoms with Crippen molar-refractivity contribution in [2.24, 2.45) is 0 Å². The second-order valence-corrected chi connectivity index (χ2v) is 8.22. The minimum absolute atomic E-state index is 0.0457. The second-order valence-electron chi connectivity index (χ2n) is 6.83. The lowest BCUT2D eigenvalue weighted by atomic mass is 10.0. The van der Waals surface area contributed by atoms with Crippen molar-refractivity contribution in [3.63, 3.8) is 0 Å². The van der Waals surface area contributed by atoms with Crippen LogP contribution < -0.4 is 11.5 Å². The van der Waals surface area contributed by atoms with E-state index in [1.807, 2.05) is 18.2 Å². The Bertz CT molecular complexity index is 1260. The third-order valence-electron chi connectivity index (χ3n) is 5.09. The van der Waals surface area contributed by atoms with Gasteiger partial charge in [-0.05, 0) is 52.9 Å². The molecule has 28 heavy (non-hydrogen) atoms. The minimum atomic E-state index is -4.13. The molecule has 5 rings (SSSR count). The van der Waals surface area contributed by atoms with Gasteiger partial charge in [-0.3, -0.25) is 4.55 Å². The first-order valence-electron chi connectivity index (χ1n) is 8.90. The van der Waals surface area contributed by atoms with Gasteiger partial charge in [0.1, 0.15) is 4.90 Å². The predicted molar refractivity (Wildman–Crippen MR) is 114 cm³/mol. The maximum absolute atomic E-state index is 11.0. The molecule has 5 N–H and O–H groups in total. The highest BCUT2D eigenvalue weighted by Crippen LogP contribution is 2.37. The normalized spacial score (nSPS) is 12.8. The number of nitrogen functional groups attached to an aromatic ring is 2. The van der Waals surface area contributed by atoms with E-state index in [9.17, 15) is 8.42 Å². The molecule has 0 unspecified atom stereocenters. The lowest BCUT2D eigenvalue weighted by molar-refractivity contribution is 0.484. The number of hydrogen-bond donors (Lipinski definition) is 3. The zero-order chi connectivity index (χ0) is 19.9. The Kier molecular flexibility index (Phi) is 4.45.